The maximum Gasteiger partial charge on any atom is 0.407 e. The lowest BCUT2D eigenvalue weighted by atomic mass is 9.99. The van der Waals surface area contributed by atoms with Gasteiger partial charge in [-0.2, -0.15) is 0 Å². The third-order valence-corrected chi connectivity index (χ3v) is 5.29. The SMILES string of the molecule is O=C(O)N1CCc2c(cccc2OC2CCCN2Cc2ccccc2)C1. The van der Waals surface area contributed by atoms with E-state index in [2.05, 4.69) is 29.2 Å². The summed E-state index contributed by atoms with van der Waals surface area (Å²) in [6, 6.07) is 16.5. The number of nitrogens with zero attached hydrogens (tertiary/aromatic N) is 2. The van der Waals surface area contributed by atoms with Gasteiger partial charge in [0.1, 0.15) is 5.75 Å². The van der Waals surface area contributed by atoms with Gasteiger partial charge < -0.3 is 14.7 Å². The van der Waals surface area contributed by atoms with Crippen LogP contribution in [0.1, 0.15) is 29.5 Å². The van der Waals surface area contributed by atoms with Crippen molar-refractivity contribution in [2.24, 2.45) is 0 Å². The molecule has 1 amide bonds. The standard InChI is InChI=1S/C21H24N2O3/c24-21(25)23-13-11-18-17(15-23)8-4-9-19(18)26-20-10-5-12-22(20)14-16-6-2-1-3-7-16/h1-4,6-9,20H,5,10-15H2,(H,24,25). The number of benzene rings is 2. The number of carbonyl (C=O) groups is 1. The predicted octanol–water partition coefficient (Wildman–Crippen LogP) is 3.72. The fourth-order valence-electron chi connectivity index (χ4n) is 3.92. The predicted molar refractivity (Wildman–Crippen MR) is 99.1 cm³/mol. The molecule has 5 nitrogen and oxygen atoms in total. The molecule has 1 saturated heterocycles. The summed E-state index contributed by atoms with van der Waals surface area (Å²) in [7, 11) is 0. The van der Waals surface area contributed by atoms with Crippen LogP contribution in [0.4, 0.5) is 4.79 Å². The first kappa shape index (κ1) is 16.9. The molecule has 4 rings (SSSR count). The quantitative estimate of drug-likeness (QED) is 0.911. The Bertz CT molecular complexity index is 778. The van der Waals surface area contributed by atoms with E-state index in [-0.39, 0.29) is 6.23 Å². The van der Waals surface area contributed by atoms with Crippen molar-refractivity contribution < 1.29 is 14.6 Å². The number of fused-ring (bicyclic) bond motifs is 1. The van der Waals surface area contributed by atoms with Crippen LogP contribution in [0.3, 0.4) is 0 Å². The number of carboxylic acid groups (broad SMARTS) is 1. The van der Waals surface area contributed by atoms with Gasteiger partial charge in [0, 0.05) is 31.7 Å². The number of rotatable bonds is 4. The highest BCUT2D eigenvalue weighted by Crippen LogP contribution is 2.31. The smallest absolute Gasteiger partial charge is 0.407 e. The molecule has 1 fully saturated rings. The van der Waals surface area contributed by atoms with Gasteiger partial charge in [0.2, 0.25) is 0 Å². The summed E-state index contributed by atoms with van der Waals surface area (Å²) >= 11 is 0. The molecule has 2 aliphatic rings. The Balaban J connectivity index is 1.49. The molecule has 5 heteroatoms. The van der Waals surface area contributed by atoms with Gasteiger partial charge in [-0.1, -0.05) is 42.5 Å². The zero-order valence-corrected chi connectivity index (χ0v) is 14.8. The lowest BCUT2D eigenvalue weighted by Crippen LogP contribution is -2.36. The lowest BCUT2D eigenvalue weighted by Gasteiger charge is -2.30. The van der Waals surface area contributed by atoms with E-state index in [4.69, 9.17) is 4.74 Å². The van der Waals surface area contributed by atoms with Crippen LogP contribution in [0.15, 0.2) is 48.5 Å². The largest absolute Gasteiger partial charge is 0.475 e. The molecular weight excluding hydrogens is 328 g/mol. The fourth-order valence-corrected chi connectivity index (χ4v) is 3.92. The van der Waals surface area contributed by atoms with Crippen molar-refractivity contribution in [2.75, 3.05) is 13.1 Å². The summed E-state index contributed by atoms with van der Waals surface area (Å²) in [5.74, 6) is 0.914. The normalized spacial score (nSPS) is 20.0. The monoisotopic (exact) mass is 352 g/mol. The third-order valence-electron chi connectivity index (χ3n) is 5.29. The summed E-state index contributed by atoms with van der Waals surface area (Å²) < 4.78 is 6.41. The Kier molecular flexibility index (Phi) is 4.80. The minimum atomic E-state index is -0.855. The molecule has 2 heterocycles. The van der Waals surface area contributed by atoms with Gasteiger partial charge in [-0.05, 0) is 36.5 Å². The Morgan fingerprint density at radius 3 is 2.77 bits per heavy atom. The molecule has 0 bridgehead atoms. The molecule has 2 aromatic rings. The molecular formula is C21H24N2O3. The molecule has 26 heavy (non-hydrogen) atoms. The molecule has 1 N–H and O–H groups in total. The Hall–Kier alpha value is -2.53. The second-order valence-corrected chi connectivity index (χ2v) is 7.02. The minimum absolute atomic E-state index is 0.0826. The maximum atomic E-state index is 11.2. The highest BCUT2D eigenvalue weighted by molar-refractivity contribution is 5.66. The zero-order chi connectivity index (χ0) is 17.9. The van der Waals surface area contributed by atoms with Gasteiger partial charge >= 0.3 is 6.09 Å². The van der Waals surface area contributed by atoms with E-state index < -0.39 is 6.09 Å². The van der Waals surface area contributed by atoms with Crippen LogP contribution in [-0.2, 0) is 19.5 Å². The van der Waals surface area contributed by atoms with E-state index in [1.54, 1.807) is 0 Å². The third kappa shape index (κ3) is 3.53. The molecule has 0 spiro atoms. The number of ether oxygens (including phenoxy) is 1. The maximum absolute atomic E-state index is 11.2. The molecule has 2 aliphatic heterocycles. The van der Waals surface area contributed by atoms with E-state index in [0.29, 0.717) is 19.5 Å². The second kappa shape index (κ2) is 7.38. The van der Waals surface area contributed by atoms with Crippen molar-refractivity contribution in [3.8, 4) is 5.75 Å². The van der Waals surface area contributed by atoms with Crippen molar-refractivity contribution in [3.63, 3.8) is 0 Å². The first-order chi connectivity index (χ1) is 12.7. The summed E-state index contributed by atoms with van der Waals surface area (Å²) in [6.07, 6.45) is 2.10. The molecule has 0 aromatic heterocycles. The van der Waals surface area contributed by atoms with E-state index in [1.807, 2.05) is 24.3 Å². The van der Waals surface area contributed by atoms with Crippen molar-refractivity contribution in [2.45, 2.75) is 38.6 Å². The second-order valence-electron chi connectivity index (χ2n) is 7.02. The molecule has 1 atom stereocenters. The Labute approximate surface area is 153 Å². The average Bonchev–Trinajstić information content (AvgIpc) is 3.09. The van der Waals surface area contributed by atoms with E-state index in [0.717, 1.165) is 42.8 Å². The average molecular weight is 352 g/mol. The van der Waals surface area contributed by atoms with Crippen molar-refractivity contribution in [3.05, 3.63) is 65.2 Å². The summed E-state index contributed by atoms with van der Waals surface area (Å²) in [6.45, 7) is 2.91. The van der Waals surface area contributed by atoms with Crippen LogP contribution in [0.2, 0.25) is 0 Å². The highest BCUT2D eigenvalue weighted by atomic mass is 16.5. The topological polar surface area (TPSA) is 53.0 Å². The number of likely N-dealkylation sites (tertiary alicyclic amines) is 1. The fraction of sp³-hybridized carbons (Fsp3) is 0.381. The van der Waals surface area contributed by atoms with Crippen LogP contribution in [0, 0.1) is 0 Å². The Morgan fingerprint density at radius 2 is 1.96 bits per heavy atom. The summed E-state index contributed by atoms with van der Waals surface area (Å²) in [5, 5.41) is 9.23. The first-order valence-corrected chi connectivity index (χ1v) is 9.24. The van der Waals surface area contributed by atoms with Crippen LogP contribution in [-0.4, -0.2) is 40.3 Å². The van der Waals surface area contributed by atoms with Gasteiger partial charge in [0.25, 0.3) is 0 Å². The van der Waals surface area contributed by atoms with Crippen LogP contribution < -0.4 is 4.74 Å². The summed E-state index contributed by atoms with van der Waals surface area (Å²) in [5.41, 5.74) is 3.52. The van der Waals surface area contributed by atoms with Gasteiger partial charge in [0.15, 0.2) is 6.23 Å². The zero-order valence-electron chi connectivity index (χ0n) is 14.8. The Morgan fingerprint density at radius 1 is 1.12 bits per heavy atom. The van der Waals surface area contributed by atoms with Gasteiger partial charge in [-0.3, -0.25) is 4.90 Å². The first-order valence-electron chi connectivity index (χ1n) is 9.24. The van der Waals surface area contributed by atoms with Crippen LogP contribution >= 0.6 is 0 Å². The number of hydrogen-bond acceptors (Lipinski definition) is 3. The molecule has 0 saturated carbocycles. The van der Waals surface area contributed by atoms with Crippen molar-refractivity contribution in [1.82, 2.24) is 9.80 Å². The van der Waals surface area contributed by atoms with Crippen LogP contribution in [0.5, 0.6) is 5.75 Å². The number of amides is 1. The van der Waals surface area contributed by atoms with Gasteiger partial charge in [-0.15, -0.1) is 0 Å². The van der Waals surface area contributed by atoms with Crippen molar-refractivity contribution in [1.29, 1.82) is 0 Å². The van der Waals surface area contributed by atoms with Crippen molar-refractivity contribution >= 4 is 6.09 Å². The van der Waals surface area contributed by atoms with E-state index in [1.165, 1.54) is 10.5 Å². The highest BCUT2D eigenvalue weighted by Gasteiger charge is 2.28. The summed E-state index contributed by atoms with van der Waals surface area (Å²) in [4.78, 5) is 15.1. The van der Waals surface area contributed by atoms with Gasteiger partial charge in [0.05, 0.1) is 0 Å². The van der Waals surface area contributed by atoms with E-state index in [9.17, 15) is 9.90 Å². The van der Waals surface area contributed by atoms with E-state index >= 15 is 0 Å². The van der Waals surface area contributed by atoms with Crippen LogP contribution in [0.25, 0.3) is 0 Å². The molecule has 0 radical (unpaired) electrons. The lowest BCUT2D eigenvalue weighted by molar-refractivity contribution is 0.0535. The molecule has 0 aliphatic carbocycles. The number of hydrogen-bond donors (Lipinski definition) is 1. The molecule has 1 unspecified atom stereocenters. The minimum Gasteiger partial charge on any atom is -0.475 e. The molecule has 2 aromatic carbocycles. The van der Waals surface area contributed by atoms with Gasteiger partial charge in [-0.25, -0.2) is 4.79 Å². The molecule has 136 valence electrons.